The quantitative estimate of drug-likeness (QED) is 0.604. The van der Waals surface area contributed by atoms with Crippen LogP contribution in [0.4, 0.5) is 0 Å². The van der Waals surface area contributed by atoms with Crippen LogP contribution in [-0.4, -0.2) is 35.2 Å². The summed E-state index contributed by atoms with van der Waals surface area (Å²) < 4.78 is 10.6. The van der Waals surface area contributed by atoms with Crippen LogP contribution in [0.2, 0.25) is 0 Å². The predicted octanol–water partition coefficient (Wildman–Crippen LogP) is 3.66. The van der Waals surface area contributed by atoms with Crippen LogP contribution in [0.15, 0.2) is 24.3 Å². The van der Waals surface area contributed by atoms with Crippen molar-refractivity contribution in [2.45, 2.75) is 40.7 Å². The van der Waals surface area contributed by atoms with E-state index in [1.165, 1.54) is 13.8 Å². The Balaban J connectivity index is 2.13. The smallest absolute Gasteiger partial charge is 0.338 e. The number of ether oxygens (including phenoxy) is 2. The largest absolute Gasteiger partial charge is 0.494 e. The van der Waals surface area contributed by atoms with Gasteiger partial charge in [0, 0.05) is 11.3 Å². The number of aryl methyl sites for hydroxylation is 1. The lowest BCUT2D eigenvalue weighted by Gasteiger charge is -2.12. The summed E-state index contributed by atoms with van der Waals surface area (Å²) in [5.41, 5.74) is 2.32. The van der Waals surface area contributed by atoms with Gasteiger partial charge < -0.3 is 14.5 Å². The molecular weight excluding hydrogens is 334 g/mol. The highest BCUT2D eigenvalue weighted by atomic mass is 16.5. The Hall–Kier alpha value is -2.89. The number of H-pyrrole nitrogens is 1. The summed E-state index contributed by atoms with van der Waals surface area (Å²) in [7, 11) is 0. The summed E-state index contributed by atoms with van der Waals surface area (Å²) in [6, 6.07) is 6.51. The third kappa shape index (κ3) is 4.02. The van der Waals surface area contributed by atoms with Crippen molar-refractivity contribution in [3.8, 4) is 5.75 Å². The number of hydrogen-bond acceptors (Lipinski definition) is 5. The minimum atomic E-state index is -0.981. The van der Waals surface area contributed by atoms with E-state index in [2.05, 4.69) is 4.98 Å². The fourth-order valence-electron chi connectivity index (χ4n) is 2.86. The van der Waals surface area contributed by atoms with Crippen molar-refractivity contribution in [3.05, 3.63) is 52.3 Å². The van der Waals surface area contributed by atoms with E-state index in [0.717, 1.165) is 0 Å². The van der Waals surface area contributed by atoms with Gasteiger partial charge in [-0.05, 0) is 64.4 Å². The average Bonchev–Trinajstić information content (AvgIpc) is 2.89. The van der Waals surface area contributed by atoms with Crippen LogP contribution in [0.25, 0.3) is 0 Å². The molecule has 0 unspecified atom stereocenters. The molecule has 0 amide bonds. The molecule has 0 fully saturated rings. The van der Waals surface area contributed by atoms with E-state index in [0.29, 0.717) is 40.4 Å². The molecule has 0 bridgehead atoms. The zero-order valence-electron chi connectivity index (χ0n) is 15.6. The number of nitrogens with one attached hydrogen (secondary N) is 1. The first-order valence-electron chi connectivity index (χ1n) is 8.44. The Kier molecular flexibility index (Phi) is 5.97. The number of benzene rings is 1. The van der Waals surface area contributed by atoms with Crippen LogP contribution in [-0.2, 0) is 4.74 Å². The second-order valence-electron chi connectivity index (χ2n) is 6.05. The number of carbonyl (C=O) groups excluding carboxylic acids is 3. The summed E-state index contributed by atoms with van der Waals surface area (Å²) in [5, 5.41) is 0. The molecule has 26 heavy (non-hydrogen) atoms. The van der Waals surface area contributed by atoms with Gasteiger partial charge in [0.1, 0.15) is 5.75 Å². The molecule has 138 valence electrons. The van der Waals surface area contributed by atoms with Gasteiger partial charge >= 0.3 is 5.97 Å². The van der Waals surface area contributed by atoms with Gasteiger partial charge in [-0.25, -0.2) is 4.79 Å². The van der Waals surface area contributed by atoms with E-state index in [9.17, 15) is 14.4 Å². The summed E-state index contributed by atoms with van der Waals surface area (Å²) >= 11 is 0. The molecule has 2 aromatic rings. The van der Waals surface area contributed by atoms with Crippen LogP contribution in [0.3, 0.4) is 0 Å². The first kappa shape index (κ1) is 19.4. The molecule has 1 heterocycles. The van der Waals surface area contributed by atoms with E-state index in [1.807, 2.05) is 6.92 Å². The van der Waals surface area contributed by atoms with Crippen molar-refractivity contribution >= 4 is 17.5 Å². The molecule has 6 nitrogen and oxygen atoms in total. The molecule has 0 aliphatic heterocycles. The van der Waals surface area contributed by atoms with E-state index in [1.54, 1.807) is 38.1 Å². The number of hydrogen-bond donors (Lipinski definition) is 1. The highest BCUT2D eigenvalue weighted by Crippen LogP contribution is 2.21. The van der Waals surface area contributed by atoms with Crippen molar-refractivity contribution in [1.29, 1.82) is 0 Å². The summed E-state index contributed by atoms with van der Waals surface area (Å²) in [5.74, 6) is -0.434. The standard InChI is InChI=1S/C20H23NO5/c1-6-25-16-9-7-15(8-10-16)20(24)26-14(5)19(23)18-11(2)17(13(4)22)12(3)21-18/h7-10,14,21H,6H2,1-5H3/t14-/m0/s1. The normalized spacial score (nSPS) is 11.7. The molecule has 0 radical (unpaired) electrons. The number of aromatic nitrogens is 1. The lowest BCUT2D eigenvalue weighted by atomic mass is 10.0. The number of ketones is 2. The molecule has 0 aliphatic carbocycles. The molecule has 1 aromatic heterocycles. The van der Waals surface area contributed by atoms with Crippen molar-refractivity contribution in [1.82, 2.24) is 4.98 Å². The maximum absolute atomic E-state index is 12.6. The predicted molar refractivity (Wildman–Crippen MR) is 97.1 cm³/mol. The third-order valence-corrected chi connectivity index (χ3v) is 4.09. The molecule has 0 saturated heterocycles. The number of Topliss-reactive ketones (excluding diaryl/α,β-unsaturated/α-hetero) is 2. The van der Waals surface area contributed by atoms with Crippen molar-refractivity contribution in [3.63, 3.8) is 0 Å². The summed E-state index contributed by atoms with van der Waals surface area (Å²) in [6.45, 7) is 8.81. The summed E-state index contributed by atoms with van der Waals surface area (Å²) in [4.78, 5) is 39.5. The first-order chi connectivity index (χ1) is 12.3. The molecule has 0 saturated carbocycles. The van der Waals surface area contributed by atoms with Gasteiger partial charge in [-0.2, -0.15) is 0 Å². The van der Waals surface area contributed by atoms with Crippen LogP contribution in [0.1, 0.15) is 63.2 Å². The van der Waals surface area contributed by atoms with Gasteiger partial charge in [0.25, 0.3) is 0 Å². The van der Waals surface area contributed by atoms with Gasteiger partial charge in [0.05, 0.1) is 17.9 Å². The van der Waals surface area contributed by atoms with E-state index in [4.69, 9.17) is 9.47 Å². The number of aromatic amines is 1. The van der Waals surface area contributed by atoms with Gasteiger partial charge in [-0.15, -0.1) is 0 Å². The Morgan fingerprint density at radius 1 is 1.12 bits per heavy atom. The Labute approximate surface area is 152 Å². The van der Waals surface area contributed by atoms with Crippen LogP contribution < -0.4 is 4.74 Å². The van der Waals surface area contributed by atoms with Gasteiger partial charge in [0.2, 0.25) is 5.78 Å². The number of carbonyl (C=O) groups is 3. The summed E-state index contributed by atoms with van der Waals surface area (Å²) in [6.07, 6.45) is -0.981. The second kappa shape index (κ2) is 7.99. The molecule has 1 N–H and O–H groups in total. The Morgan fingerprint density at radius 3 is 2.23 bits per heavy atom. The van der Waals surface area contributed by atoms with Gasteiger partial charge in [0.15, 0.2) is 11.9 Å². The van der Waals surface area contributed by atoms with Crippen molar-refractivity contribution in [2.24, 2.45) is 0 Å². The number of rotatable bonds is 7. The highest BCUT2D eigenvalue weighted by molar-refractivity contribution is 6.05. The van der Waals surface area contributed by atoms with E-state index < -0.39 is 12.1 Å². The molecule has 1 atom stereocenters. The molecule has 0 aliphatic rings. The maximum Gasteiger partial charge on any atom is 0.338 e. The van der Waals surface area contributed by atoms with Crippen LogP contribution >= 0.6 is 0 Å². The van der Waals surface area contributed by atoms with E-state index in [-0.39, 0.29) is 11.6 Å². The van der Waals surface area contributed by atoms with Crippen molar-refractivity contribution < 1.29 is 23.9 Å². The van der Waals surface area contributed by atoms with Gasteiger partial charge in [-0.3, -0.25) is 9.59 Å². The third-order valence-electron chi connectivity index (χ3n) is 4.09. The van der Waals surface area contributed by atoms with Crippen LogP contribution in [0, 0.1) is 13.8 Å². The number of esters is 1. The van der Waals surface area contributed by atoms with Gasteiger partial charge in [-0.1, -0.05) is 0 Å². The fourth-order valence-corrected chi connectivity index (χ4v) is 2.86. The monoisotopic (exact) mass is 357 g/mol. The lowest BCUT2D eigenvalue weighted by molar-refractivity contribution is 0.0317. The minimum Gasteiger partial charge on any atom is -0.494 e. The molecule has 2 rings (SSSR count). The van der Waals surface area contributed by atoms with Crippen LogP contribution in [0.5, 0.6) is 5.75 Å². The molecular formula is C20H23NO5. The molecule has 6 heteroatoms. The van der Waals surface area contributed by atoms with E-state index >= 15 is 0 Å². The highest BCUT2D eigenvalue weighted by Gasteiger charge is 2.26. The fraction of sp³-hybridized carbons (Fsp3) is 0.350. The first-order valence-corrected chi connectivity index (χ1v) is 8.44. The Bertz CT molecular complexity index is 833. The molecule has 1 aromatic carbocycles. The minimum absolute atomic E-state index is 0.116. The Morgan fingerprint density at radius 2 is 1.73 bits per heavy atom. The van der Waals surface area contributed by atoms with Crippen molar-refractivity contribution in [2.75, 3.05) is 6.61 Å². The molecule has 0 spiro atoms. The topological polar surface area (TPSA) is 85.5 Å². The lowest BCUT2D eigenvalue weighted by Crippen LogP contribution is -2.25. The zero-order chi connectivity index (χ0) is 19.4. The zero-order valence-corrected chi connectivity index (χ0v) is 15.6. The SMILES string of the molecule is CCOc1ccc(C(=O)O[C@@H](C)C(=O)c2[nH]c(C)c(C(C)=O)c2C)cc1. The maximum atomic E-state index is 12.6. The average molecular weight is 357 g/mol. The second-order valence-corrected chi connectivity index (χ2v) is 6.05.